The molecule has 140 valence electrons. The van der Waals surface area contributed by atoms with Crippen LogP contribution in [0, 0.1) is 0 Å². The van der Waals surface area contributed by atoms with Gasteiger partial charge in [0.25, 0.3) is 5.91 Å². The molecule has 0 unspecified atom stereocenters. The van der Waals surface area contributed by atoms with Crippen LogP contribution in [0.15, 0.2) is 34.9 Å². The first-order valence-corrected chi connectivity index (χ1v) is 9.68. The molecule has 1 aliphatic carbocycles. The molecule has 0 radical (unpaired) electrons. The maximum Gasteiger partial charge on any atom is 0.256 e. The number of carbonyl (C=O) groups is 1. The van der Waals surface area contributed by atoms with Gasteiger partial charge in [-0.05, 0) is 25.3 Å². The summed E-state index contributed by atoms with van der Waals surface area (Å²) in [5.41, 5.74) is 1.75. The lowest BCUT2D eigenvalue weighted by atomic mass is 10.1. The molecule has 3 heterocycles. The van der Waals surface area contributed by atoms with Gasteiger partial charge in [-0.25, -0.2) is 0 Å². The van der Waals surface area contributed by atoms with Crippen molar-refractivity contribution in [2.45, 2.75) is 31.7 Å². The fraction of sp³-hybridized carbons (Fsp3) is 0.450. The molecule has 2 aromatic heterocycles. The van der Waals surface area contributed by atoms with Crippen LogP contribution in [0.3, 0.4) is 0 Å². The zero-order valence-electron chi connectivity index (χ0n) is 15.2. The second-order valence-corrected chi connectivity index (χ2v) is 7.48. The molecule has 1 N–H and O–H groups in total. The number of hydrogen-bond acceptors (Lipinski definition) is 5. The van der Waals surface area contributed by atoms with Crippen LogP contribution in [0.1, 0.15) is 47.3 Å². The van der Waals surface area contributed by atoms with E-state index < -0.39 is 0 Å². The second-order valence-electron chi connectivity index (χ2n) is 7.48. The fourth-order valence-electron chi connectivity index (χ4n) is 3.77. The van der Waals surface area contributed by atoms with Gasteiger partial charge < -0.3 is 14.3 Å². The third-order valence-corrected chi connectivity index (χ3v) is 5.46. The number of aromatic nitrogens is 3. The lowest BCUT2D eigenvalue weighted by molar-refractivity contribution is 0.0762. The van der Waals surface area contributed by atoms with Crippen molar-refractivity contribution in [3.05, 3.63) is 47.8 Å². The summed E-state index contributed by atoms with van der Waals surface area (Å²) in [6.45, 7) is 3.89. The minimum Gasteiger partial charge on any atom is -0.424 e. The Kier molecular flexibility index (Phi) is 4.16. The molecule has 1 amide bonds. The zero-order valence-corrected chi connectivity index (χ0v) is 15.2. The molecule has 1 saturated carbocycles. The van der Waals surface area contributed by atoms with Gasteiger partial charge in [-0.15, -0.1) is 10.2 Å². The van der Waals surface area contributed by atoms with Crippen LogP contribution in [0.25, 0.3) is 10.9 Å². The van der Waals surface area contributed by atoms with Gasteiger partial charge in [0, 0.05) is 49.2 Å². The first-order valence-electron chi connectivity index (χ1n) is 9.68. The van der Waals surface area contributed by atoms with Crippen molar-refractivity contribution < 1.29 is 9.21 Å². The smallest absolute Gasteiger partial charge is 0.256 e. The van der Waals surface area contributed by atoms with Crippen molar-refractivity contribution in [1.82, 2.24) is 25.0 Å². The second kappa shape index (κ2) is 6.81. The highest BCUT2D eigenvalue weighted by Crippen LogP contribution is 2.39. The summed E-state index contributed by atoms with van der Waals surface area (Å²) in [7, 11) is 0. The van der Waals surface area contributed by atoms with Gasteiger partial charge in [-0.1, -0.05) is 18.2 Å². The number of nitrogens with one attached hydrogen (secondary N) is 1. The summed E-state index contributed by atoms with van der Waals surface area (Å²) in [5.74, 6) is 2.06. The van der Waals surface area contributed by atoms with Gasteiger partial charge >= 0.3 is 0 Å². The molecule has 1 aliphatic heterocycles. The van der Waals surface area contributed by atoms with Crippen LogP contribution in [0.5, 0.6) is 0 Å². The molecule has 3 aromatic rings. The number of aromatic amines is 1. The zero-order chi connectivity index (χ0) is 18.2. The monoisotopic (exact) mass is 365 g/mol. The lowest BCUT2D eigenvalue weighted by Gasteiger charge is -2.21. The Morgan fingerprint density at radius 3 is 2.93 bits per heavy atom. The Morgan fingerprint density at radius 1 is 1.15 bits per heavy atom. The standard InChI is InChI=1S/C20H23N5O2/c26-20(16-12-21-17-5-2-1-4-15(16)17)25-9-3-8-24(10-11-25)13-18-22-23-19(27-18)14-6-7-14/h1-2,4-5,12,14,21H,3,6-11,13H2. The van der Waals surface area contributed by atoms with Gasteiger partial charge in [0.15, 0.2) is 0 Å². The predicted molar refractivity (Wildman–Crippen MR) is 100 cm³/mol. The highest BCUT2D eigenvalue weighted by molar-refractivity contribution is 6.06. The Balaban J connectivity index is 1.24. The third-order valence-electron chi connectivity index (χ3n) is 5.46. The number of fused-ring (bicyclic) bond motifs is 1. The van der Waals surface area contributed by atoms with Crippen molar-refractivity contribution in [3.8, 4) is 0 Å². The van der Waals surface area contributed by atoms with E-state index in [9.17, 15) is 4.79 Å². The molecule has 7 heteroatoms. The minimum atomic E-state index is 0.100. The quantitative estimate of drug-likeness (QED) is 0.769. The highest BCUT2D eigenvalue weighted by Gasteiger charge is 2.30. The van der Waals surface area contributed by atoms with Crippen LogP contribution in [-0.4, -0.2) is 57.1 Å². The fourth-order valence-corrected chi connectivity index (χ4v) is 3.77. The normalized spacial score (nSPS) is 18.7. The Bertz CT molecular complexity index is 958. The van der Waals surface area contributed by atoms with Gasteiger partial charge in [0.05, 0.1) is 12.1 Å². The number of para-hydroxylation sites is 1. The number of rotatable bonds is 4. The topological polar surface area (TPSA) is 78.3 Å². The van der Waals surface area contributed by atoms with Gasteiger partial charge in [0.2, 0.25) is 11.8 Å². The lowest BCUT2D eigenvalue weighted by Crippen LogP contribution is -2.35. The predicted octanol–water partition coefficient (Wildman–Crippen LogP) is 2.78. The van der Waals surface area contributed by atoms with Crippen LogP contribution in [0.2, 0.25) is 0 Å². The Hall–Kier alpha value is -2.67. The molecule has 0 bridgehead atoms. The molecule has 1 saturated heterocycles. The molecule has 0 spiro atoms. The van der Waals surface area contributed by atoms with Crippen molar-refractivity contribution in [2.24, 2.45) is 0 Å². The molecular weight excluding hydrogens is 342 g/mol. The molecular formula is C20H23N5O2. The average molecular weight is 365 g/mol. The van der Waals surface area contributed by atoms with E-state index in [1.165, 1.54) is 0 Å². The van der Waals surface area contributed by atoms with Crippen LogP contribution in [0.4, 0.5) is 0 Å². The molecule has 27 heavy (non-hydrogen) atoms. The third kappa shape index (κ3) is 3.35. The maximum absolute atomic E-state index is 13.0. The Morgan fingerprint density at radius 2 is 2.04 bits per heavy atom. The maximum atomic E-state index is 13.0. The summed E-state index contributed by atoms with van der Waals surface area (Å²) in [4.78, 5) is 20.5. The van der Waals surface area contributed by atoms with Crippen molar-refractivity contribution in [2.75, 3.05) is 26.2 Å². The number of H-pyrrole nitrogens is 1. The van der Waals surface area contributed by atoms with E-state index in [0.29, 0.717) is 24.9 Å². The van der Waals surface area contributed by atoms with Crippen molar-refractivity contribution in [1.29, 1.82) is 0 Å². The number of hydrogen-bond donors (Lipinski definition) is 1. The molecule has 5 rings (SSSR count). The highest BCUT2D eigenvalue weighted by atomic mass is 16.4. The minimum absolute atomic E-state index is 0.100. The summed E-state index contributed by atoms with van der Waals surface area (Å²) in [6, 6.07) is 7.94. The van der Waals surface area contributed by atoms with Gasteiger partial charge in [-0.3, -0.25) is 9.69 Å². The molecule has 0 atom stereocenters. The average Bonchev–Trinajstić information content (AvgIpc) is 3.35. The van der Waals surface area contributed by atoms with Crippen molar-refractivity contribution in [3.63, 3.8) is 0 Å². The SMILES string of the molecule is O=C(c1c[nH]c2ccccc12)N1CCCN(Cc2nnc(C3CC3)o2)CC1. The molecule has 1 aromatic carbocycles. The number of amides is 1. The molecule has 2 fully saturated rings. The number of nitrogens with zero attached hydrogens (tertiary/aromatic N) is 4. The summed E-state index contributed by atoms with van der Waals surface area (Å²) >= 11 is 0. The number of carbonyl (C=O) groups excluding carboxylic acids is 1. The van der Waals surface area contributed by atoms with E-state index in [1.807, 2.05) is 35.4 Å². The Labute approximate surface area is 157 Å². The first kappa shape index (κ1) is 16.5. The van der Waals surface area contributed by atoms with Crippen LogP contribution >= 0.6 is 0 Å². The number of benzene rings is 1. The molecule has 2 aliphatic rings. The van der Waals surface area contributed by atoms with Gasteiger partial charge in [0.1, 0.15) is 0 Å². The van der Waals surface area contributed by atoms with E-state index in [4.69, 9.17) is 4.42 Å². The first-order chi connectivity index (χ1) is 13.3. The van der Waals surface area contributed by atoms with E-state index in [1.54, 1.807) is 0 Å². The summed E-state index contributed by atoms with van der Waals surface area (Å²) < 4.78 is 5.78. The van der Waals surface area contributed by atoms with E-state index >= 15 is 0 Å². The van der Waals surface area contributed by atoms with Crippen LogP contribution < -0.4 is 0 Å². The van der Waals surface area contributed by atoms with E-state index in [0.717, 1.165) is 61.3 Å². The van der Waals surface area contributed by atoms with Crippen LogP contribution in [-0.2, 0) is 6.54 Å². The largest absolute Gasteiger partial charge is 0.424 e. The molecule has 7 nitrogen and oxygen atoms in total. The van der Waals surface area contributed by atoms with Gasteiger partial charge in [-0.2, -0.15) is 0 Å². The summed E-state index contributed by atoms with van der Waals surface area (Å²) in [5, 5.41) is 9.34. The van der Waals surface area contributed by atoms with E-state index in [2.05, 4.69) is 20.1 Å². The van der Waals surface area contributed by atoms with Crippen molar-refractivity contribution >= 4 is 16.8 Å². The summed E-state index contributed by atoms with van der Waals surface area (Å²) in [6.07, 6.45) is 5.09. The van der Waals surface area contributed by atoms with E-state index in [-0.39, 0.29) is 5.91 Å².